The molecule has 0 unspecified atom stereocenters. The summed E-state index contributed by atoms with van der Waals surface area (Å²) in [5, 5.41) is 17.0. The predicted molar refractivity (Wildman–Crippen MR) is 92.8 cm³/mol. The third kappa shape index (κ3) is 4.85. The molecule has 2 rings (SSSR count). The van der Waals surface area contributed by atoms with Gasteiger partial charge in [0.15, 0.2) is 0 Å². The van der Waals surface area contributed by atoms with Gasteiger partial charge < -0.3 is 16.0 Å². The monoisotopic (exact) mass is 322 g/mol. The number of amides is 3. The van der Waals surface area contributed by atoms with Gasteiger partial charge in [-0.05, 0) is 56.3 Å². The van der Waals surface area contributed by atoms with E-state index in [1.165, 1.54) is 0 Å². The molecule has 24 heavy (non-hydrogen) atoms. The van der Waals surface area contributed by atoms with Gasteiger partial charge in [0.1, 0.15) is 0 Å². The zero-order chi connectivity index (χ0) is 17.5. The second-order valence-electron chi connectivity index (χ2n) is 5.48. The standard InChI is InChI=1S/C18H18N4O2/c1-12(2)20-18(24)22-16-5-3-4-15(10-16)21-17(23)14-8-6-13(11-19)7-9-14/h3-10,12H,1-2H3,(H,21,23)(H2,20,22,24). The van der Waals surface area contributed by atoms with Crippen LogP contribution >= 0.6 is 0 Å². The van der Waals surface area contributed by atoms with Gasteiger partial charge >= 0.3 is 6.03 Å². The van der Waals surface area contributed by atoms with Gasteiger partial charge in [0.25, 0.3) is 5.91 Å². The first-order valence-corrected chi connectivity index (χ1v) is 7.47. The van der Waals surface area contributed by atoms with Crippen LogP contribution in [0.3, 0.4) is 0 Å². The highest BCUT2D eigenvalue weighted by Gasteiger charge is 2.08. The molecule has 0 bridgehead atoms. The summed E-state index contributed by atoms with van der Waals surface area (Å²) in [7, 11) is 0. The van der Waals surface area contributed by atoms with Crippen molar-refractivity contribution in [2.24, 2.45) is 0 Å². The van der Waals surface area contributed by atoms with Crippen LogP contribution in [0.5, 0.6) is 0 Å². The predicted octanol–water partition coefficient (Wildman–Crippen LogP) is 3.34. The quantitative estimate of drug-likeness (QED) is 0.805. The summed E-state index contributed by atoms with van der Waals surface area (Å²) in [5.41, 5.74) is 2.08. The van der Waals surface area contributed by atoms with Gasteiger partial charge in [0, 0.05) is 23.0 Å². The molecule has 3 N–H and O–H groups in total. The Hall–Kier alpha value is -3.33. The molecule has 0 heterocycles. The highest BCUT2D eigenvalue weighted by molar-refractivity contribution is 6.04. The zero-order valence-corrected chi connectivity index (χ0v) is 13.5. The minimum Gasteiger partial charge on any atom is -0.336 e. The van der Waals surface area contributed by atoms with Crippen LogP contribution in [0, 0.1) is 11.3 Å². The maximum atomic E-state index is 12.2. The molecule has 0 saturated heterocycles. The summed E-state index contributed by atoms with van der Waals surface area (Å²) in [4.78, 5) is 23.9. The van der Waals surface area contributed by atoms with Crippen molar-refractivity contribution in [2.75, 3.05) is 10.6 Å². The van der Waals surface area contributed by atoms with E-state index < -0.39 is 0 Å². The fraction of sp³-hybridized carbons (Fsp3) is 0.167. The van der Waals surface area contributed by atoms with Crippen molar-refractivity contribution in [3.8, 4) is 6.07 Å². The molecule has 122 valence electrons. The van der Waals surface area contributed by atoms with Gasteiger partial charge in [-0.15, -0.1) is 0 Å². The minimum atomic E-state index is -0.305. The van der Waals surface area contributed by atoms with E-state index in [9.17, 15) is 9.59 Å². The highest BCUT2D eigenvalue weighted by Crippen LogP contribution is 2.16. The normalized spacial score (nSPS) is 9.92. The Morgan fingerprint density at radius 2 is 1.62 bits per heavy atom. The molecule has 0 radical (unpaired) electrons. The number of carbonyl (C=O) groups is 2. The number of anilines is 2. The van der Waals surface area contributed by atoms with E-state index in [1.54, 1.807) is 48.5 Å². The summed E-state index contributed by atoms with van der Waals surface area (Å²) in [5.74, 6) is -0.289. The molecule has 2 aromatic carbocycles. The molecule has 6 nitrogen and oxygen atoms in total. The average molecular weight is 322 g/mol. The van der Waals surface area contributed by atoms with Crippen LogP contribution in [0.4, 0.5) is 16.2 Å². The number of nitrogens with zero attached hydrogens (tertiary/aromatic N) is 1. The zero-order valence-electron chi connectivity index (χ0n) is 13.5. The van der Waals surface area contributed by atoms with Gasteiger partial charge in [-0.25, -0.2) is 4.79 Å². The number of hydrogen-bond acceptors (Lipinski definition) is 3. The number of rotatable bonds is 4. The van der Waals surface area contributed by atoms with E-state index in [1.807, 2.05) is 19.9 Å². The van der Waals surface area contributed by atoms with E-state index in [-0.39, 0.29) is 18.0 Å². The largest absolute Gasteiger partial charge is 0.336 e. The fourth-order valence-corrected chi connectivity index (χ4v) is 2.00. The molecule has 0 aromatic heterocycles. The van der Waals surface area contributed by atoms with Crippen LogP contribution in [-0.4, -0.2) is 18.0 Å². The first-order valence-electron chi connectivity index (χ1n) is 7.47. The van der Waals surface area contributed by atoms with Gasteiger partial charge in [0.2, 0.25) is 0 Å². The van der Waals surface area contributed by atoms with Crippen LogP contribution in [0.1, 0.15) is 29.8 Å². The molecule has 0 aliphatic heterocycles. The lowest BCUT2D eigenvalue weighted by Crippen LogP contribution is -2.34. The van der Waals surface area contributed by atoms with Gasteiger partial charge in [-0.2, -0.15) is 5.26 Å². The van der Waals surface area contributed by atoms with Crippen LogP contribution < -0.4 is 16.0 Å². The van der Waals surface area contributed by atoms with Crippen molar-refractivity contribution >= 4 is 23.3 Å². The van der Waals surface area contributed by atoms with Crippen molar-refractivity contribution in [1.29, 1.82) is 5.26 Å². The maximum absolute atomic E-state index is 12.2. The Kier molecular flexibility index (Phi) is 5.53. The lowest BCUT2D eigenvalue weighted by atomic mass is 10.1. The minimum absolute atomic E-state index is 0.0317. The highest BCUT2D eigenvalue weighted by atomic mass is 16.2. The summed E-state index contributed by atoms with van der Waals surface area (Å²) < 4.78 is 0. The molecule has 0 fully saturated rings. The summed E-state index contributed by atoms with van der Waals surface area (Å²) in [6.07, 6.45) is 0. The van der Waals surface area contributed by atoms with Crippen LogP contribution in [0.15, 0.2) is 48.5 Å². The Labute approximate surface area is 140 Å². The number of benzene rings is 2. The van der Waals surface area contributed by atoms with Crippen molar-refractivity contribution in [2.45, 2.75) is 19.9 Å². The molecular formula is C18H18N4O2. The van der Waals surface area contributed by atoms with Crippen molar-refractivity contribution in [3.63, 3.8) is 0 Å². The molecule has 6 heteroatoms. The van der Waals surface area contributed by atoms with E-state index in [2.05, 4.69) is 16.0 Å². The van der Waals surface area contributed by atoms with E-state index in [4.69, 9.17) is 5.26 Å². The van der Waals surface area contributed by atoms with E-state index in [0.717, 1.165) is 0 Å². The Morgan fingerprint density at radius 1 is 1.00 bits per heavy atom. The fourth-order valence-electron chi connectivity index (χ4n) is 2.00. The molecular weight excluding hydrogens is 304 g/mol. The molecule has 0 spiro atoms. The molecule has 0 saturated carbocycles. The topological polar surface area (TPSA) is 94.0 Å². The number of urea groups is 1. The molecule has 0 atom stereocenters. The summed E-state index contributed by atoms with van der Waals surface area (Å²) in [6.45, 7) is 3.74. The Bertz CT molecular complexity index is 776. The van der Waals surface area contributed by atoms with Crippen LogP contribution in [0.2, 0.25) is 0 Å². The van der Waals surface area contributed by atoms with Crippen molar-refractivity contribution in [1.82, 2.24) is 5.32 Å². The van der Waals surface area contributed by atoms with Crippen molar-refractivity contribution < 1.29 is 9.59 Å². The number of nitriles is 1. The van der Waals surface area contributed by atoms with E-state index >= 15 is 0 Å². The van der Waals surface area contributed by atoms with Crippen LogP contribution in [-0.2, 0) is 0 Å². The van der Waals surface area contributed by atoms with Crippen LogP contribution in [0.25, 0.3) is 0 Å². The second kappa shape index (κ2) is 7.79. The summed E-state index contributed by atoms with van der Waals surface area (Å²) in [6, 6.07) is 14.9. The van der Waals surface area contributed by atoms with Gasteiger partial charge in [-0.3, -0.25) is 4.79 Å². The third-order valence-electron chi connectivity index (χ3n) is 3.07. The molecule has 2 aromatic rings. The summed E-state index contributed by atoms with van der Waals surface area (Å²) >= 11 is 0. The van der Waals surface area contributed by atoms with Gasteiger partial charge in [0.05, 0.1) is 11.6 Å². The maximum Gasteiger partial charge on any atom is 0.319 e. The number of carbonyl (C=O) groups excluding carboxylic acids is 2. The van der Waals surface area contributed by atoms with E-state index in [0.29, 0.717) is 22.5 Å². The molecule has 3 amide bonds. The second-order valence-corrected chi connectivity index (χ2v) is 5.48. The Balaban J connectivity index is 2.04. The first-order chi connectivity index (χ1) is 11.5. The van der Waals surface area contributed by atoms with Gasteiger partial charge in [-0.1, -0.05) is 6.07 Å². The Morgan fingerprint density at radius 3 is 2.21 bits per heavy atom. The lowest BCUT2D eigenvalue weighted by Gasteiger charge is -2.11. The first kappa shape index (κ1) is 17.0. The van der Waals surface area contributed by atoms with Crippen molar-refractivity contribution in [3.05, 3.63) is 59.7 Å². The SMILES string of the molecule is CC(C)NC(=O)Nc1cccc(NC(=O)c2ccc(C#N)cc2)c1. The third-order valence-corrected chi connectivity index (χ3v) is 3.07. The number of nitrogens with one attached hydrogen (secondary N) is 3. The lowest BCUT2D eigenvalue weighted by molar-refractivity contribution is 0.102. The smallest absolute Gasteiger partial charge is 0.319 e. The average Bonchev–Trinajstić information content (AvgIpc) is 2.54. The molecule has 0 aliphatic carbocycles. The number of hydrogen-bond donors (Lipinski definition) is 3. The molecule has 0 aliphatic rings.